The van der Waals surface area contributed by atoms with E-state index in [-0.39, 0.29) is 5.97 Å². The van der Waals surface area contributed by atoms with Crippen molar-refractivity contribution in [2.45, 2.75) is 70.9 Å². The SMILES string of the molecule is CCCCOC1CC(C2(C(=O)OCC)CCC3(CC2)OCCO3)=NO1. The zero-order chi connectivity index (χ0) is 17.8. The largest absolute Gasteiger partial charge is 0.465 e. The van der Waals surface area contributed by atoms with Crippen LogP contribution in [-0.2, 0) is 28.6 Å². The third-order valence-corrected chi connectivity index (χ3v) is 5.34. The molecule has 142 valence electrons. The van der Waals surface area contributed by atoms with E-state index < -0.39 is 17.5 Å². The first-order chi connectivity index (χ1) is 12.1. The van der Waals surface area contributed by atoms with E-state index in [0.717, 1.165) is 18.6 Å². The molecular weight excluding hydrogens is 326 g/mol. The predicted octanol–water partition coefficient (Wildman–Crippen LogP) is 2.77. The van der Waals surface area contributed by atoms with Gasteiger partial charge in [-0.3, -0.25) is 4.79 Å². The molecule has 0 radical (unpaired) electrons. The summed E-state index contributed by atoms with van der Waals surface area (Å²) in [5.74, 6) is -0.757. The van der Waals surface area contributed by atoms with Gasteiger partial charge in [-0.05, 0) is 26.2 Å². The molecule has 1 saturated heterocycles. The molecule has 0 N–H and O–H groups in total. The lowest BCUT2D eigenvalue weighted by Crippen LogP contribution is -2.48. The quantitative estimate of drug-likeness (QED) is 0.516. The molecule has 0 amide bonds. The summed E-state index contributed by atoms with van der Waals surface area (Å²) in [5, 5.41) is 4.22. The monoisotopic (exact) mass is 355 g/mol. The lowest BCUT2D eigenvalue weighted by molar-refractivity contribution is -0.192. The Hall–Kier alpha value is -1.18. The summed E-state index contributed by atoms with van der Waals surface area (Å²) in [6, 6.07) is 0. The maximum absolute atomic E-state index is 12.8. The van der Waals surface area contributed by atoms with Gasteiger partial charge < -0.3 is 23.8 Å². The van der Waals surface area contributed by atoms with Gasteiger partial charge in [0.25, 0.3) is 0 Å². The second-order valence-electron chi connectivity index (χ2n) is 6.91. The Morgan fingerprint density at radius 3 is 2.56 bits per heavy atom. The summed E-state index contributed by atoms with van der Waals surface area (Å²) in [4.78, 5) is 18.2. The number of oxime groups is 1. The molecular formula is C18H29NO6. The Labute approximate surface area is 149 Å². The number of nitrogens with zero attached hydrogens (tertiary/aromatic N) is 1. The molecule has 7 heteroatoms. The van der Waals surface area contributed by atoms with E-state index >= 15 is 0 Å². The summed E-state index contributed by atoms with van der Waals surface area (Å²) >= 11 is 0. The molecule has 2 aliphatic heterocycles. The molecule has 0 bridgehead atoms. The average Bonchev–Trinajstić information content (AvgIpc) is 3.27. The van der Waals surface area contributed by atoms with Crippen LogP contribution in [0.4, 0.5) is 0 Å². The van der Waals surface area contributed by atoms with E-state index in [1.54, 1.807) is 0 Å². The fourth-order valence-corrected chi connectivity index (χ4v) is 3.81. The Bertz CT molecular complexity index is 490. The second-order valence-corrected chi connectivity index (χ2v) is 6.91. The van der Waals surface area contributed by atoms with Crippen molar-refractivity contribution in [2.24, 2.45) is 10.6 Å². The van der Waals surface area contributed by atoms with E-state index in [1.165, 1.54) is 0 Å². The number of ether oxygens (including phenoxy) is 4. The molecule has 3 aliphatic rings. The molecule has 0 aromatic rings. The molecule has 2 heterocycles. The van der Waals surface area contributed by atoms with E-state index in [1.807, 2.05) is 6.92 Å². The van der Waals surface area contributed by atoms with E-state index in [9.17, 15) is 4.79 Å². The maximum Gasteiger partial charge on any atom is 0.317 e. The number of carbonyl (C=O) groups is 1. The first-order valence-corrected chi connectivity index (χ1v) is 9.44. The molecule has 3 rings (SSSR count). The zero-order valence-corrected chi connectivity index (χ0v) is 15.3. The Morgan fingerprint density at radius 1 is 1.20 bits per heavy atom. The molecule has 1 atom stereocenters. The van der Waals surface area contributed by atoms with Crippen molar-refractivity contribution in [1.82, 2.24) is 0 Å². The highest BCUT2D eigenvalue weighted by molar-refractivity contribution is 6.07. The fourth-order valence-electron chi connectivity index (χ4n) is 3.81. The molecule has 1 spiro atoms. The number of hydrogen-bond donors (Lipinski definition) is 0. The Balaban J connectivity index is 1.67. The highest BCUT2D eigenvalue weighted by Crippen LogP contribution is 2.48. The van der Waals surface area contributed by atoms with Crippen molar-refractivity contribution in [3.8, 4) is 0 Å². The van der Waals surface area contributed by atoms with Gasteiger partial charge in [-0.15, -0.1) is 0 Å². The topological polar surface area (TPSA) is 75.6 Å². The third-order valence-electron chi connectivity index (χ3n) is 5.34. The highest BCUT2D eigenvalue weighted by atomic mass is 16.8. The molecule has 7 nitrogen and oxygen atoms in total. The van der Waals surface area contributed by atoms with Gasteiger partial charge in [0.15, 0.2) is 5.79 Å². The van der Waals surface area contributed by atoms with Crippen LogP contribution in [0.5, 0.6) is 0 Å². The Morgan fingerprint density at radius 2 is 1.92 bits per heavy atom. The van der Waals surface area contributed by atoms with Crippen LogP contribution >= 0.6 is 0 Å². The lowest BCUT2D eigenvalue weighted by atomic mass is 9.68. The lowest BCUT2D eigenvalue weighted by Gasteiger charge is -2.41. The predicted molar refractivity (Wildman–Crippen MR) is 90.0 cm³/mol. The Kier molecular flexibility index (Phi) is 5.96. The van der Waals surface area contributed by atoms with Gasteiger partial charge in [0, 0.05) is 12.8 Å². The van der Waals surface area contributed by atoms with Gasteiger partial charge in [0.2, 0.25) is 6.29 Å². The summed E-state index contributed by atoms with van der Waals surface area (Å²) in [6.45, 7) is 6.16. The minimum Gasteiger partial charge on any atom is -0.465 e. The maximum atomic E-state index is 12.8. The zero-order valence-electron chi connectivity index (χ0n) is 15.3. The van der Waals surface area contributed by atoms with Crippen molar-refractivity contribution in [3.05, 3.63) is 0 Å². The van der Waals surface area contributed by atoms with Crippen LogP contribution in [0.1, 0.15) is 58.8 Å². The molecule has 25 heavy (non-hydrogen) atoms. The summed E-state index contributed by atoms with van der Waals surface area (Å²) in [6.07, 6.45) is 4.66. The summed E-state index contributed by atoms with van der Waals surface area (Å²) < 4.78 is 22.7. The number of unbranched alkanes of at least 4 members (excludes halogenated alkanes) is 1. The second kappa shape index (κ2) is 8.01. The van der Waals surface area contributed by atoms with E-state index in [2.05, 4.69) is 12.1 Å². The van der Waals surface area contributed by atoms with Crippen molar-refractivity contribution in [1.29, 1.82) is 0 Å². The number of esters is 1. The molecule has 1 aliphatic carbocycles. The normalized spacial score (nSPS) is 27.1. The van der Waals surface area contributed by atoms with Gasteiger partial charge in [-0.25, -0.2) is 0 Å². The van der Waals surface area contributed by atoms with Gasteiger partial charge >= 0.3 is 5.97 Å². The number of rotatable bonds is 7. The molecule has 1 unspecified atom stereocenters. The van der Waals surface area contributed by atoms with Crippen LogP contribution in [0, 0.1) is 5.41 Å². The first kappa shape index (κ1) is 18.6. The fraction of sp³-hybridized carbons (Fsp3) is 0.889. The van der Waals surface area contributed by atoms with Crippen LogP contribution in [-0.4, -0.2) is 50.2 Å². The van der Waals surface area contributed by atoms with Crippen molar-refractivity contribution >= 4 is 11.7 Å². The third kappa shape index (κ3) is 3.83. The van der Waals surface area contributed by atoms with Crippen molar-refractivity contribution in [2.75, 3.05) is 26.4 Å². The van der Waals surface area contributed by atoms with Crippen LogP contribution in [0.25, 0.3) is 0 Å². The van der Waals surface area contributed by atoms with Gasteiger partial charge in [0.1, 0.15) is 5.41 Å². The van der Waals surface area contributed by atoms with E-state index in [0.29, 0.717) is 58.5 Å². The van der Waals surface area contributed by atoms with Crippen molar-refractivity contribution in [3.63, 3.8) is 0 Å². The van der Waals surface area contributed by atoms with Gasteiger partial charge in [0.05, 0.1) is 38.6 Å². The van der Waals surface area contributed by atoms with Crippen molar-refractivity contribution < 1.29 is 28.6 Å². The standard InChI is InChI=1S/C18H29NO6/c1-3-5-10-22-15-13-14(19-25-15)17(16(20)21-4-2)6-8-18(9-7-17)23-11-12-24-18/h15H,3-13H2,1-2H3. The van der Waals surface area contributed by atoms with Crippen LogP contribution in [0.3, 0.4) is 0 Å². The first-order valence-electron chi connectivity index (χ1n) is 9.44. The molecule has 1 saturated carbocycles. The highest BCUT2D eigenvalue weighted by Gasteiger charge is 2.54. The van der Waals surface area contributed by atoms with E-state index in [4.69, 9.17) is 23.8 Å². The van der Waals surface area contributed by atoms with Gasteiger partial charge in [-0.2, -0.15) is 0 Å². The number of carbonyl (C=O) groups excluding carboxylic acids is 1. The van der Waals surface area contributed by atoms with Crippen LogP contribution in [0.2, 0.25) is 0 Å². The smallest absolute Gasteiger partial charge is 0.317 e. The molecule has 0 aromatic heterocycles. The van der Waals surface area contributed by atoms with Crippen LogP contribution < -0.4 is 0 Å². The van der Waals surface area contributed by atoms with Gasteiger partial charge in [-0.1, -0.05) is 18.5 Å². The minimum atomic E-state index is -0.751. The summed E-state index contributed by atoms with van der Waals surface area (Å²) in [5.41, 5.74) is -0.0142. The minimum absolute atomic E-state index is 0.223. The van der Waals surface area contributed by atoms with Crippen LogP contribution in [0.15, 0.2) is 5.16 Å². The number of hydrogen-bond acceptors (Lipinski definition) is 7. The molecule has 0 aromatic carbocycles. The summed E-state index contributed by atoms with van der Waals surface area (Å²) in [7, 11) is 0. The molecule has 2 fully saturated rings. The average molecular weight is 355 g/mol.